The molecule has 0 bridgehead atoms. The molecule has 1 heterocycles. The van der Waals surface area contributed by atoms with Crippen LogP contribution in [0.2, 0.25) is 0 Å². The molecule has 3 aromatic rings. The lowest BCUT2D eigenvalue weighted by molar-refractivity contribution is 0.696. The molecule has 0 fully saturated rings. The van der Waals surface area contributed by atoms with E-state index >= 15 is 0 Å². The molecule has 0 saturated carbocycles. The fraction of sp³-hybridized carbons (Fsp3) is 0.0714. The molecule has 2 aromatic carbocycles. The van der Waals surface area contributed by atoms with Crippen molar-refractivity contribution >= 4 is 24.2 Å². The lowest BCUT2D eigenvalue weighted by Gasteiger charge is -2.00. The Labute approximate surface area is 101 Å². The Balaban J connectivity index is 1.99. The summed E-state index contributed by atoms with van der Waals surface area (Å²) in [6.07, 6.45) is 2.12. The van der Waals surface area contributed by atoms with Gasteiger partial charge in [-0.15, -0.1) is 0 Å². The van der Waals surface area contributed by atoms with Crippen molar-refractivity contribution in [1.29, 1.82) is 0 Å². The maximum absolute atomic E-state index is 4.59. The number of rotatable bonds is 2. The van der Waals surface area contributed by atoms with Gasteiger partial charge in [-0.2, -0.15) is 5.10 Å². The first-order valence-corrected chi connectivity index (χ1v) is 5.79. The Bertz CT molecular complexity index is 644. The highest BCUT2D eigenvalue weighted by Crippen LogP contribution is 2.10. The zero-order valence-electron chi connectivity index (χ0n) is 9.80. The molecule has 0 saturated heterocycles. The molecule has 0 aliphatic carbocycles. The van der Waals surface area contributed by atoms with Gasteiger partial charge in [0.2, 0.25) is 0 Å². The monoisotopic (exact) mass is 220 g/mol. The first-order chi connectivity index (χ1) is 8.33. The predicted octanol–water partition coefficient (Wildman–Crippen LogP) is 1.34. The van der Waals surface area contributed by atoms with Crippen LogP contribution in [0.15, 0.2) is 54.7 Å². The van der Waals surface area contributed by atoms with E-state index in [4.69, 9.17) is 0 Å². The largest absolute Gasteiger partial charge is 0.267 e. The van der Waals surface area contributed by atoms with Gasteiger partial charge in [-0.1, -0.05) is 47.9 Å². The summed E-state index contributed by atoms with van der Waals surface area (Å²) >= 11 is 0. The number of aromatic nitrogens is 2. The van der Waals surface area contributed by atoms with Crippen LogP contribution in [0.5, 0.6) is 0 Å². The minimum atomic E-state index is 0.828. The zero-order valence-corrected chi connectivity index (χ0v) is 9.80. The number of nitrogens with zero attached hydrogens (tertiary/aromatic N) is 2. The van der Waals surface area contributed by atoms with Crippen LogP contribution in [-0.2, 0) is 6.54 Å². The summed E-state index contributed by atoms with van der Waals surface area (Å²) in [5, 5.41) is 5.82. The van der Waals surface area contributed by atoms with E-state index in [1.807, 2.05) is 10.7 Å². The smallest absolute Gasteiger partial charge is 0.140 e. The van der Waals surface area contributed by atoms with E-state index in [9.17, 15) is 0 Å². The molecule has 0 unspecified atom stereocenters. The average Bonchev–Trinajstić information content (AvgIpc) is 2.74. The van der Waals surface area contributed by atoms with Crippen molar-refractivity contribution in [2.45, 2.75) is 6.54 Å². The standard InChI is InChI=1S/C14H13BN2/c15-13-7-4-8-14-12(13)10-17(16-14)9-11-5-2-1-3-6-11/h1-8,10H,9,15H2. The summed E-state index contributed by atoms with van der Waals surface area (Å²) in [4.78, 5) is 0. The number of hydrogen-bond donors (Lipinski definition) is 0. The highest BCUT2D eigenvalue weighted by atomic mass is 15.3. The minimum absolute atomic E-state index is 0.828. The van der Waals surface area contributed by atoms with Gasteiger partial charge in [0.05, 0.1) is 12.1 Å². The van der Waals surface area contributed by atoms with E-state index in [0.29, 0.717) is 0 Å². The van der Waals surface area contributed by atoms with Crippen LogP contribution in [0.1, 0.15) is 5.56 Å². The molecular weight excluding hydrogens is 207 g/mol. The van der Waals surface area contributed by atoms with E-state index in [-0.39, 0.29) is 0 Å². The second-order valence-electron chi connectivity index (χ2n) is 4.32. The Morgan fingerprint density at radius 3 is 2.59 bits per heavy atom. The molecule has 0 spiro atoms. The van der Waals surface area contributed by atoms with Gasteiger partial charge < -0.3 is 0 Å². The van der Waals surface area contributed by atoms with Gasteiger partial charge in [-0.25, -0.2) is 0 Å². The lowest BCUT2D eigenvalue weighted by Crippen LogP contribution is -2.01. The molecule has 0 atom stereocenters. The maximum atomic E-state index is 4.59. The maximum Gasteiger partial charge on any atom is 0.140 e. The predicted molar refractivity (Wildman–Crippen MR) is 73.5 cm³/mol. The Morgan fingerprint density at radius 2 is 1.82 bits per heavy atom. The molecule has 0 aliphatic heterocycles. The van der Waals surface area contributed by atoms with Crippen LogP contribution in [0.3, 0.4) is 0 Å². The zero-order chi connectivity index (χ0) is 11.7. The van der Waals surface area contributed by atoms with E-state index in [1.165, 1.54) is 16.4 Å². The highest BCUT2D eigenvalue weighted by molar-refractivity contribution is 6.38. The van der Waals surface area contributed by atoms with Crippen LogP contribution in [0, 0.1) is 0 Å². The third-order valence-electron chi connectivity index (χ3n) is 3.00. The van der Waals surface area contributed by atoms with Crippen LogP contribution < -0.4 is 5.46 Å². The van der Waals surface area contributed by atoms with Gasteiger partial charge >= 0.3 is 0 Å². The van der Waals surface area contributed by atoms with Crippen molar-refractivity contribution in [3.8, 4) is 0 Å². The molecule has 2 nitrogen and oxygen atoms in total. The number of fused-ring (bicyclic) bond motifs is 1. The van der Waals surface area contributed by atoms with Crippen LogP contribution in [0.25, 0.3) is 10.9 Å². The SMILES string of the molecule is Bc1cccc2nn(Cc3ccccc3)cc12. The van der Waals surface area contributed by atoms with Crippen LogP contribution in [-0.4, -0.2) is 17.6 Å². The van der Waals surface area contributed by atoms with Crippen LogP contribution >= 0.6 is 0 Å². The normalized spacial score (nSPS) is 10.8. The Kier molecular flexibility index (Phi) is 2.44. The van der Waals surface area contributed by atoms with Gasteiger partial charge in [0, 0.05) is 11.6 Å². The van der Waals surface area contributed by atoms with Crippen molar-refractivity contribution in [2.75, 3.05) is 0 Å². The summed E-state index contributed by atoms with van der Waals surface area (Å²) in [5.41, 5.74) is 3.63. The summed E-state index contributed by atoms with van der Waals surface area (Å²) in [5.74, 6) is 0. The van der Waals surface area contributed by atoms with Gasteiger partial charge in [0.25, 0.3) is 0 Å². The molecule has 82 valence electrons. The van der Waals surface area contributed by atoms with E-state index in [0.717, 1.165) is 12.1 Å². The molecule has 17 heavy (non-hydrogen) atoms. The highest BCUT2D eigenvalue weighted by Gasteiger charge is 2.02. The first kappa shape index (κ1) is 10.1. The molecule has 0 amide bonds. The molecule has 1 aromatic heterocycles. The third-order valence-corrected chi connectivity index (χ3v) is 3.00. The lowest BCUT2D eigenvalue weighted by atomic mass is 9.93. The number of hydrogen-bond acceptors (Lipinski definition) is 1. The van der Waals surface area contributed by atoms with Crippen molar-refractivity contribution in [3.05, 3.63) is 60.3 Å². The Hall–Kier alpha value is -2.03. The Morgan fingerprint density at radius 1 is 1.00 bits per heavy atom. The van der Waals surface area contributed by atoms with Crippen molar-refractivity contribution < 1.29 is 0 Å². The van der Waals surface area contributed by atoms with Gasteiger partial charge in [0.15, 0.2) is 0 Å². The molecular formula is C14H13BN2. The average molecular weight is 220 g/mol. The molecule has 3 rings (SSSR count). The second kappa shape index (κ2) is 4.09. The van der Waals surface area contributed by atoms with E-state index in [1.54, 1.807) is 0 Å². The van der Waals surface area contributed by atoms with Gasteiger partial charge in [-0.3, -0.25) is 4.68 Å². The second-order valence-corrected chi connectivity index (χ2v) is 4.32. The van der Waals surface area contributed by atoms with Crippen molar-refractivity contribution in [3.63, 3.8) is 0 Å². The van der Waals surface area contributed by atoms with Crippen molar-refractivity contribution in [2.24, 2.45) is 0 Å². The molecule has 0 N–H and O–H groups in total. The fourth-order valence-corrected chi connectivity index (χ4v) is 2.09. The molecule has 0 radical (unpaired) electrons. The summed E-state index contributed by atoms with van der Waals surface area (Å²) in [6.45, 7) is 0.828. The third kappa shape index (κ3) is 1.96. The summed E-state index contributed by atoms with van der Waals surface area (Å²) in [7, 11) is 2.12. The fourth-order valence-electron chi connectivity index (χ4n) is 2.09. The van der Waals surface area contributed by atoms with E-state index < -0.39 is 0 Å². The summed E-state index contributed by atoms with van der Waals surface area (Å²) < 4.78 is 2.01. The van der Waals surface area contributed by atoms with Crippen molar-refractivity contribution in [1.82, 2.24) is 9.78 Å². The molecule has 0 aliphatic rings. The summed E-state index contributed by atoms with van der Waals surface area (Å²) in [6, 6.07) is 16.6. The topological polar surface area (TPSA) is 17.8 Å². The minimum Gasteiger partial charge on any atom is -0.267 e. The van der Waals surface area contributed by atoms with Gasteiger partial charge in [0.1, 0.15) is 7.85 Å². The first-order valence-electron chi connectivity index (χ1n) is 5.79. The van der Waals surface area contributed by atoms with Gasteiger partial charge in [-0.05, 0) is 11.6 Å². The van der Waals surface area contributed by atoms with Crippen LogP contribution in [0.4, 0.5) is 0 Å². The quantitative estimate of drug-likeness (QED) is 0.596. The van der Waals surface area contributed by atoms with E-state index in [2.05, 4.69) is 61.6 Å². The number of benzene rings is 2. The molecule has 3 heteroatoms.